The number of nitrogens with one attached hydrogen (secondary N) is 1. The molecule has 24 heavy (non-hydrogen) atoms. The lowest BCUT2D eigenvalue weighted by Crippen LogP contribution is -2.50. The van der Waals surface area contributed by atoms with Gasteiger partial charge in [0.1, 0.15) is 5.54 Å². The number of rotatable bonds is 5. The molecule has 0 saturated heterocycles. The number of nitriles is 1. The average molecular weight is 328 g/mol. The van der Waals surface area contributed by atoms with Gasteiger partial charge in [0.05, 0.1) is 12.5 Å². The number of ether oxygens (including phenoxy) is 1. The normalized spacial score (nSPS) is 16.0. The van der Waals surface area contributed by atoms with Crippen molar-refractivity contribution in [2.75, 3.05) is 6.61 Å². The van der Waals surface area contributed by atoms with Crippen molar-refractivity contribution in [3.63, 3.8) is 0 Å². The molecular formula is C19H24N2O3. The number of esters is 1. The number of nitrogens with zero attached hydrogens (tertiary/aromatic N) is 1. The van der Waals surface area contributed by atoms with Crippen LogP contribution >= 0.6 is 0 Å². The highest BCUT2D eigenvalue weighted by Crippen LogP contribution is 2.27. The van der Waals surface area contributed by atoms with Gasteiger partial charge in [-0.3, -0.25) is 9.59 Å². The molecule has 0 bridgehead atoms. The lowest BCUT2D eigenvalue weighted by molar-refractivity contribution is -0.148. The van der Waals surface area contributed by atoms with Gasteiger partial charge in [-0.05, 0) is 43.4 Å². The van der Waals surface area contributed by atoms with Crippen LogP contribution in [-0.2, 0) is 20.7 Å². The lowest BCUT2D eigenvalue weighted by atomic mass is 9.83. The first kappa shape index (κ1) is 18.0. The molecule has 1 aliphatic rings. The molecule has 1 N–H and O–H groups in total. The molecule has 0 radical (unpaired) electrons. The van der Waals surface area contributed by atoms with E-state index >= 15 is 0 Å². The fraction of sp³-hybridized carbons (Fsp3) is 0.526. The summed E-state index contributed by atoms with van der Waals surface area (Å²) in [7, 11) is 0. The summed E-state index contributed by atoms with van der Waals surface area (Å²) < 4.78 is 5.05. The van der Waals surface area contributed by atoms with E-state index in [4.69, 9.17) is 4.74 Å². The van der Waals surface area contributed by atoms with Crippen molar-refractivity contribution in [3.8, 4) is 6.07 Å². The predicted molar refractivity (Wildman–Crippen MR) is 90.2 cm³/mol. The summed E-state index contributed by atoms with van der Waals surface area (Å²) in [5.74, 6) is -0.852. The minimum absolute atomic E-state index is 0.137. The Hall–Kier alpha value is -2.35. The van der Waals surface area contributed by atoms with Gasteiger partial charge in [0, 0.05) is 0 Å². The summed E-state index contributed by atoms with van der Waals surface area (Å²) in [5, 5.41) is 12.1. The van der Waals surface area contributed by atoms with Crippen LogP contribution < -0.4 is 5.32 Å². The van der Waals surface area contributed by atoms with Crippen molar-refractivity contribution in [2.45, 2.75) is 57.9 Å². The average Bonchev–Trinajstić information content (AvgIpc) is 2.57. The molecule has 1 saturated carbocycles. The monoisotopic (exact) mass is 328 g/mol. The molecule has 0 aliphatic heterocycles. The number of carbonyl (C=O) groups excluding carboxylic acids is 2. The van der Waals surface area contributed by atoms with E-state index in [2.05, 4.69) is 11.4 Å². The van der Waals surface area contributed by atoms with Crippen LogP contribution in [-0.4, -0.2) is 24.0 Å². The van der Waals surface area contributed by atoms with Gasteiger partial charge in [0.15, 0.2) is 6.61 Å². The zero-order valence-corrected chi connectivity index (χ0v) is 14.4. The summed E-state index contributed by atoms with van der Waals surface area (Å²) in [6, 6.07) is 8.01. The quantitative estimate of drug-likeness (QED) is 0.843. The molecule has 5 nitrogen and oxygen atoms in total. The highest BCUT2D eigenvalue weighted by atomic mass is 16.5. The van der Waals surface area contributed by atoms with Gasteiger partial charge in [-0.2, -0.15) is 5.26 Å². The number of benzene rings is 1. The van der Waals surface area contributed by atoms with E-state index in [1.54, 1.807) is 0 Å². The van der Waals surface area contributed by atoms with E-state index in [0.29, 0.717) is 12.8 Å². The second-order valence-corrected chi connectivity index (χ2v) is 6.56. The predicted octanol–water partition coefficient (Wildman–Crippen LogP) is 2.73. The van der Waals surface area contributed by atoms with E-state index in [-0.39, 0.29) is 13.0 Å². The first-order chi connectivity index (χ1) is 11.4. The zero-order valence-electron chi connectivity index (χ0n) is 14.4. The van der Waals surface area contributed by atoms with Crippen LogP contribution in [0.15, 0.2) is 18.2 Å². The van der Waals surface area contributed by atoms with Gasteiger partial charge >= 0.3 is 5.97 Å². The van der Waals surface area contributed by atoms with Gasteiger partial charge in [-0.1, -0.05) is 37.5 Å². The van der Waals surface area contributed by atoms with Crippen LogP contribution in [0.25, 0.3) is 0 Å². The maximum Gasteiger partial charge on any atom is 0.310 e. The number of aryl methyl sites for hydroxylation is 2. The first-order valence-corrected chi connectivity index (χ1v) is 8.38. The topological polar surface area (TPSA) is 79.2 Å². The molecule has 0 atom stereocenters. The third kappa shape index (κ3) is 4.82. The van der Waals surface area contributed by atoms with Crippen molar-refractivity contribution in [1.29, 1.82) is 5.26 Å². The van der Waals surface area contributed by atoms with Crippen molar-refractivity contribution < 1.29 is 14.3 Å². The number of hydrogen-bond donors (Lipinski definition) is 1. The highest BCUT2D eigenvalue weighted by molar-refractivity contribution is 5.82. The van der Waals surface area contributed by atoms with Gasteiger partial charge in [-0.15, -0.1) is 0 Å². The largest absolute Gasteiger partial charge is 0.455 e. The Morgan fingerprint density at radius 3 is 2.54 bits per heavy atom. The Kier molecular flexibility index (Phi) is 5.97. The maximum atomic E-state index is 12.0. The fourth-order valence-corrected chi connectivity index (χ4v) is 3.00. The Balaban J connectivity index is 1.81. The Bertz CT molecular complexity index is 655. The maximum absolute atomic E-state index is 12.0. The molecule has 0 unspecified atom stereocenters. The molecule has 1 aliphatic carbocycles. The molecule has 0 spiro atoms. The second kappa shape index (κ2) is 7.96. The number of carbonyl (C=O) groups is 2. The van der Waals surface area contributed by atoms with Gasteiger partial charge in [0.25, 0.3) is 5.91 Å². The molecule has 5 heteroatoms. The Morgan fingerprint density at radius 2 is 1.92 bits per heavy atom. The molecule has 1 aromatic rings. The van der Waals surface area contributed by atoms with E-state index in [9.17, 15) is 14.9 Å². The summed E-state index contributed by atoms with van der Waals surface area (Å²) in [6.07, 6.45) is 4.40. The Morgan fingerprint density at radius 1 is 1.21 bits per heavy atom. The summed E-state index contributed by atoms with van der Waals surface area (Å²) in [4.78, 5) is 23.9. The van der Waals surface area contributed by atoms with Crippen LogP contribution in [0.5, 0.6) is 0 Å². The van der Waals surface area contributed by atoms with Crippen LogP contribution in [0, 0.1) is 25.2 Å². The molecule has 0 heterocycles. The van der Waals surface area contributed by atoms with Crippen LogP contribution in [0.1, 0.15) is 48.8 Å². The zero-order chi connectivity index (χ0) is 17.6. The van der Waals surface area contributed by atoms with Crippen molar-refractivity contribution >= 4 is 11.9 Å². The SMILES string of the molecule is Cc1ccc(CC(=O)OCC(=O)NC2(C#N)CCCCC2)cc1C. The molecule has 1 fully saturated rings. The molecule has 128 valence electrons. The highest BCUT2D eigenvalue weighted by Gasteiger charge is 2.33. The third-order valence-electron chi connectivity index (χ3n) is 4.58. The summed E-state index contributed by atoms with van der Waals surface area (Å²) in [6.45, 7) is 3.66. The molecular weight excluding hydrogens is 304 g/mol. The minimum atomic E-state index is -0.796. The summed E-state index contributed by atoms with van der Waals surface area (Å²) in [5.41, 5.74) is 2.35. The summed E-state index contributed by atoms with van der Waals surface area (Å²) >= 11 is 0. The van der Waals surface area contributed by atoms with Gasteiger partial charge in [0.2, 0.25) is 0 Å². The van der Waals surface area contributed by atoms with Crippen LogP contribution in [0.2, 0.25) is 0 Å². The van der Waals surface area contributed by atoms with Crippen molar-refractivity contribution in [1.82, 2.24) is 5.32 Å². The smallest absolute Gasteiger partial charge is 0.310 e. The minimum Gasteiger partial charge on any atom is -0.455 e. The van der Waals surface area contributed by atoms with Crippen LogP contribution in [0.3, 0.4) is 0 Å². The van der Waals surface area contributed by atoms with E-state index in [1.807, 2.05) is 32.0 Å². The standard InChI is InChI=1S/C19H24N2O3/c1-14-6-7-16(10-15(14)2)11-18(23)24-12-17(22)21-19(13-20)8-4-3-5-9-19/h6-7,10H,3-5,8-9,11-12H2,1-2H3,(H,21,22). The van der Waals surface area contributed by atoms with E-state index in [0.717, 1.165) is 30.4 Å². The van der Waals surface area contributed by atoms with E-state index in [1.165, 1.54) is 5.56 Å². The lowest BCUT2D eigenvalue weighted by Gasteiger charge is -2.31. The Labute approximate surface area is 143 Å². The molecule has 0 aromatic heterocycles. The molecule has 1 amide bonds. The van der Waals surface area contributed by atoms with Crippen molar-refractivity contribution in [2.24, 2.45) is 0 Å². The molecule has 2 rings (SSSR count). The fourth-order valence-electron chi connectivity index (χ4n) is 3.00. The number of amides is 1. The van der Waals surface area contributed by atoms with Gasteiger partial charge < -0.3 is 10.1 Å². The van der Waals surface area contributed by atoms with E-state index < -0.39 is 17.4 Å². The second-order valence-electron chi connectivity index (χ2n) is 6.56. The van der Waals surface area contributed by atoms with Crippen LogP contribution in [0.4, 0.5) is 0 Å². The third-order valence-corrected chi connectivity index (χ3v) is 4.58. The molecule has 1 aromatic carbocycles. The van der Waals surface area contributed by atoms with Gasteiger partial charge in [-0.25, -0.2) is 0 Å². The van der Waals surface area contributed by atoms with Crippen molar-refractivity contribution in [3.05, 3.63) is 34.9 Å². The number of hydrogen-bond acceptors (Lipinski definition) is 4. The first-order valence-electron chi connectivity index (χ1n) is 8.38.